The lowest BCUT2D eigenvalue weighted by Gasteiger charge is -2.12. The van der Waals surface area contributed by atoms with Gasteiger partial charge in [-0.25, -0.2) is 9.78 Å². The third-order valence-electron chi connectivity index (χ3n) is 5.14. The number of ether oxygens (including phenoxy) is 1. The molecule has 3 N–H and O–H groups in total. The molecular formula is C25H24N4O3S. The Morgan fingerprint density at radius 1 is 0.909 bits per heavy atom. The molecule has 0 saturated carbocycles. The first-order valence-corrected chi connectivity index (χ1v) is 11.2. The van der Waals surface area contributed by atoms with Gasteiger partial charge in [-0.05, 0) is 62.2 Å². The van der Waals surface area contributed by atoms with Gasteiger partial charge in [-0.3, -0.25) is 10.1 Å². The molecule has 3 amide bonds. The van der Waals surface area contributed by atoms with Crippen LogP contribution in [0.2, 0.25) is 0 Å². The van der Waals surface area contributed by atoms with Crippen LogP contribution in [0.3, 0.4) is 0 Å². The first kappa shape index (κ1) is 22.3. The highest BCUT2D eigenvalue weighted by atomic mass is 32.1. The number of nitrogens with zero attached hydrogens (tertiary/aromatic N) is 1. The lowest BCUT2D eigenvalue weighted by atomic mass is 10.0. The molecule has 168 valence electrons. The first-order chi connectivity index (χ1) is 15.8. The monoisotopic (exact) mass is 460 g/mol. The van der Waals surface area contributed by atoms with Crippen LogP contribution in [-0.4, -0.2) is 24.0 Å². The second-order valence-corrected chi connectivity index (χ2v) is 8.74. The predicted molar refractivity (Wildman–Crippen MR) is 134 cm³/mol. The van der Waals surface area contributed by atoms with Gasteiger partial charge in [0.1, 0.15) is 5.75 Å². The fraction of sp³-hybridized carbons (Fsp3) is 0.160. The van der Waals surface area contributed by atoms with Crippen molar-refractivity contribution in [3.63, 3.8) is 0 Å². The summed E-state index contributed by atoms with van der Waals surface area (Å²) in [5.41, 5.74) is 5.80. The van der Waals surface area contributed by atoms with Crippen molar-refractivity contribution in [1.82, 2.24) is 4.98 Å². The number of amides is 3. The number of carbonyl (C=O) groups excluding carboxylic acids is 2. The van der Waals surface area contributed by atoms with Gasteiger partial charge in [0, 0.05) is 11.3 Å². The van der Waals surface area contributed by atoms with Crippen LogP contribution in [0, 0.1) is 20.8 Å². The van der Waals surface area contributed by atoms with Crippen LogP contribution in [0.4, 0.5) is 21.3 Å². The summed E-state index contributed by atoms with van der Waals surface area (Å²) in [5.74, 6) is 0.371. The van der Waals surface area contributed by atoms with Gasteiger partial charge in [0.2, 0.25) is 0 Å². The number of carbonyl (C=O) groups is 2. The summed E-state index contributed by atoms with van der Waals surface area (Å²) in [6, 6.07) is 16.1. The number of thiazole rings is 1. The molecule has 0 aliphatic rings. The molecule has 0 fully saturated rings. The van der Waals surface area contributed by atoms with Crippen molar-refractivity contribution in [3.05, 3.63) is 76.9 Å². The molecule has 1 heterocycles. The molecule has 4 rings (SSSR count). The number of para-hydroxylation sites is 2. The van der Waals surface area contributed by atoms with E-state index in [4.69, 9.17) is 4.74 Å². The minimum Gasteiger partial charge on any atom is -0.495 e. The van der Waals surface area contributed by atoms with Gasteiger partial charge in [0.15, 0.2) is 5.13 Å². The SMILES string of the molecule is COc1ccccc1NC(=O)Nc1nc2ccc(C(=O)Nc3c(C)cc(C)cc3C)cc2s1. The Hall–Kier alpha value is -3.91. The van der Waals surface area contributed by atoms with Crippen molar-refractivity contribution < 1.29 is 14.3 Å². The summed E-state index contributed by atoms with van der Waals surface area (Å²) in [6.07, 6.45) is 0. The Balaban J connectivity index is 1.49. The average molecular weight is 461 g/mol. The molecule has 0 radical (unpaired) electrons. The number of rotatable bonds is 5. The van der Waals surface area contributed by atoms with E-state index in [9.17, 15) is 9.59 Å². The summed E-state index contributed by atoms with van der Waals surface area (Å²) in [5, 5.41) is 8.94. The van der Waals surface area contributed by atoms with Crippen molar-refractivity contribution in [2.75, 3.05) is 23.1 Å². The number of nitrogens with one attached hydrogen (secondary N) is 3. The molecule has 0 aliphatic carbocycles. The van der Waals surface area contributed by atoms with Gasteiger partial charge in [0.25, 0.3) is 5.91 Å². The van der Waals surface area contributed by atoms with Crippen LogP contribution in [0.25, 0.3) is 10.2 Å². The average Bonchev–Trinajstić information content (AvgIpc) is 3.17. The van der Waals surface area contributed by atoms with Crippen LogP contribution >= 0.6 is 11.3 Å². The topological polar surface area (TPSA) is 92.3 Å². The zero-order valence-corrected chi connectivity index (χ0v) is 19.6. The van der Waals surface area contributed by atoms with E-state index in [1.54, 1.807) is 37.4 Å². The standard InChI is InChI=1S/C25H24N4O3S/c1-14-11-15(2)22(16(3)12-14)28-23(30)17-9-10-19-21(13-17)33-25(27-19)29-24(31)26-18-7-5-6-8-20(18)32-4/h5-13H,1-4H3,(H,28,30)(H2,26,27,29,31). The lowest BCUT2D eigenvalue weighted by Crippen LogP contribution is -2.19. The number of hydrogen-bond donors (Lipinski definition) is 3. The number of aromatic nitrogens is 1. The lowest BCUT2D eigenvalue weighted by molar-refractivity contribution is 0.102. The second-order valence-electron chi connectivity index (χ2n) is 7.71. The first-order valence-electron chi connectivity index (χ1n) is 10.3. The Labute approximate surface area is 195 Å². The summed E-state index contributed by atoms with van der Waals surface area (Å²) in [7, 11) is 1.54. The smallest absolute Gasteiger partial charge is 0.325 e. The van der Waals surface area contributed by atoms with Crippen molar-refractivity contribution >= 4 is 50.0 Å². The Bertz CT molecular complexity index is 1340. The molecule has 33 heavy (non-hydrogen) atoms. The highest BCUT2D eigenvalue weighted by Crippen LogP contribution is 2.29. The highest BCUT2D eigenvalue weighted by Gasteiger charge is 2.14. The number of methoxy groups -OCH3 is 1. The van der Waals surface area contributed by atoms with Crippen LogP contribution in [0.5, 0.6) is 5.75 Å². The fourth-order valence-electron chi connectivity index (χ4n) is 3.68. The van der Waals surface area contributed by atoms with Crippen molar-refractivity contribution in [2.45, 2.75) is 20.8 Å². The van der Waals surface area contributed by atoms with Gasteiger partial charge in [0.05, 0.1) is 23.0 Å². The molecule has 0 aliphatic heterocycles. The molecular weight excluding hydrogens is 436 g/mol. The summed E-state index contributed by atoms with van der Waals surface area (Å²) >= 11 is 1.30. The number of fused-ring (bicyclic) bond motifs is 1. The minimum atomic E-state index is -0.429. The zero-order valence-electron chi connectivity index (χ0n) is 18.8. The molecule has 7 nitrogen and oxygen atoms in total. The number of benzene rings is 3. The van der Waals surface area contributed by atoms with E-state index < -0.39 is 6.03 Å². The van der Waals surface area contributed by atoms with Crippen LogP contribution in [0.15, 0.2) is 54.6 Å². The van der Waals surface area contributed by atoms with E-state index in [-0.39, 0.29) is 5.91 Å². The van der Waals surface area contributed by atoms with Gasteiger partial charge in [-0.15, -0.1) is 0 Å². The Kier molecular flexibility index (Phi) is 6.28. The molecule has 0 unspecified atom stereocenters. The third-order valence-corrected chi connectivity index (χ3v) is 6.08. The molecule has 4 aromatic rings. The molecule has 0 atom stereocenters. The van der Waals surface area contributed by atoms with Crippen molar-refractivity contribution in [2.24, 2.45) is 0 Å². The third kappa shape index (κ3) is 4.96. The molecule has 0 bridgehead atoms. The number of urea groups is 1. The van der Waals surface area contributed by atoms with E-state index in [2.05, 4.69) is 20.9 Å². The molecule has 0 spiro atoms. The zero-order chi connectivity index (χ0) is 23.5. The Morgan fingerprint density at radius 2 is 1.64 bits per heavy atom. The van der Waals surface area contributed by atoms with Crippen LogP contribution in [0.1, 0.15) is 27.0 Å². The number of anilines is 3. The largest absolute Gasteiger partial charge is 0.495 e. The van der Waals surface area contributed by atoms with E-state index in [1.165, 1.54) is 11.3 Å². The van der Waals surface area contributed by atoms with Crippen LogP contribution < -0.4 is 20.7 Å². The van der Waals surface area contributed by atoms with Crippen LogP contribution in [-0.2, 0) is 0 Å². The van der Waals surface area contributed by atoms with E-state index in [1.807, 2.05) is 45.0 Å². The summed E-state index contributed by atoms with van der Waals surface area (Å²) in [6.45, 7) is 6.00. The normalized spacial score (nSPS) is 10.7. The quantitative estimate of drug-likeness (QED) is 0.334. The number of aryl methyl sites for hydroxylation is 3. The maximum Gasteiger partial charge on any atom is 0.325 e. The van der Waals surface area contributed by atoms with Crippen molar-refractivity contribution in [1.29, 1.82) is 0 Å². The maximum atomic E-state index is 12.9. The van der Waals surface area contributed by atoms with Gasteiger partial charge >= 0.3 is 6.03 Å². The van der Waals surface area contributed by atoms with Crippen molar-refractivity contribution in [3.8, 4) is 5.75 Å². The summed E-state index contributed by atoms with van der Waals surface area (Å²) < 4.78 is 6.05. The van der Waals surface area contributed by atoms with Gasteiger partial charge in [-0.1, -0.05) is 41.2 Å². The molecule has 8 heteroatoms. The van der Waals surface area contributed by atoms with Gasteiger partial charge in [-0.2, -0.15) is 0 Å². The summed E-state index contributed by atoms with van der Waals surface area (Å²) in [4.78, 5) is 29.7. The highest BCUT2D eigenvalue weighted by molar-refractivity contribution is 7.22. The molecule has 1 aromatic heterocycles. The fourth-order valence-corrected chi connectivity index (χ4v) is 4.58. The predicted octanol–water partition coefficient (Wildman–Crippen LogP) is 6.13. The van der Waals surface area contributed by atoms with E-state index >= 15 is 0 Å². The maximum absolute atomic E-state index is 12.9. The van der Waals surface area contributed by atoms with Gasteiger partial charge < -0.3 is 15.4 Å². The second kappa shape index (κ2) is 9.30. The Morgan fingerprint density at radius 3 is 2.36 bits per heavy atom. The number of hydrogen-bond acceptors (Lipinski definition) is 5. The minimum absolute atomic E-state index is 0.191. The van der Waals surface area contributed by atoms with E-state index in [0.29, 0.717) is 27.6 Å². The van der Waals surface area contributed by atoms with E-state index in [0.717, 1.165) is 27.1 Å². The molecule has 0 saturated heterocycles. The molecule has 3 aromatic carbocycles.